The Labute approximate surface area is 152 Å². The van der Waals surface area contributed by atoms with E-state index in [9.17, 15) is 14.7 Å². The van der Waals surface area contributed by atoms with Crippen molar-refractivity contribution >= 4 is 28.9 Å². The first-order valence-electron chi connectivity index (χ1n) is 8.45. The molecule has 138 valence electrons. The van der Waals surface area contributed by atoms with Gasteiger partial charge in [0.15, 0.2) is 0 Å². The van der Waals surface area contributed by atoms with Crippen LogP contribution < -0.4 is 21.1 Å². The van der Waals surface area contributed by atoms with Crippen LogP contribution in [-0.2, 0) is 9.59 Å². The van der Waals surface area contributed by atoms with Gasteiger partial charge in [-0.2, -0.15) is 0 Å². The van der Waals surface area contributed by atoms with Crippen molar-refractivity contribution in [1.82, 2.24) is 0 Å². The highest BCUT2D eigenvalue weighted by molar-refractivity contribution is 5.93. The van der Waals surface area contributed by atoms with E-state index >= 15 is 0 Å². The summed E-state index contributed by atoms with van der Waals surface area (Å²) in [7, 11) is 0. The monoisotopic (exact) mass is 357 g/mol. The van der Waals surface area contributed by atoms with Crippen LogP contribution in [0.25, 0.3) is 0 Å². The third-order valence-electron chi connectivity index (χ3n) is 3.75. The molecular formula is C19H23N3O4. The number of hydrogen-bond donors (Lipinski definition) is 4. The number of rotatable bonds is 10. The Hall–Kier alpha value is -2.90. The van der Waals surface area contributed by atoms with Crippen molar-refractivity contribution < 1.29 is 25.1 Å². The number of carboxylic acid groups (broad SMARTS) is 1. The van der Waals surface area contributed by atoms with Crippen LogP contribution in [0.4, 0.5) is 17.1 Å². The molecule has 2 rings (SSSR count). The van der Waals surface area contributed by atoms with E-state index in [0.717, 1.165) is 11.4 Å². The summed E-state index contributed by atoms with van der Waals surface area (Å²) in [6.07, 6.45) is 0.263. The second kappa shape index (κ2) is 10.2. The van der Waals surface area contributed by atoms with Crippen LogP contribution in [-0.4, -0.2) is 36.2 Å². The van der Waals surface area contributed by atoms with Crippen LogP contribution in [0.15, 0.2) is 54.6 Å². The lowest BCUT2D eigenvalue weighted by molar-refractivity contribution is -0.682. The van der Waals surface area contributed by atoms with Crippen molar-refractivity contribution in [3.05, 3.63) is 54.6 Å². The lowest BCUT2D eigenvalue weighted by atomic mass is 10.2. The van der Waals surface area contributed by atoms with Crippen LogP contribution in [0, 0.1) is 0 Å². The average Bonchev–Trinajstić information content (AvgIpc) is 2.63. The highest BCUT2D eigenvalue weighted by atomic mass is 16.4. The van der Waals surface area contributed by atoms with E-state index in [0.29, 0.717) is 18.7 Å². The number of anilines is 3. The minimum absolute atomic E-state index is 0.0220. The zero-order valence-corrected chi connectivity index (χ0v) is 14.4. The number of quaternary nitrogens is 1. The Morgan fingerprint density at radius 3 is 2.23 bits per heavy atom. The van der Waals surface area contributed by atoms with Gasteiger partial charge in [-0.3, -0.25) is 4.79 Å². The summed E-state index contributed by atoms with van der Waals surface area (Å²) in [5.41, 5.74) is 2.42. The molecule has 0 fully saturated rings. The Morgan fingerprint density at radius 2 is 1.62 bits per heavy atom. The van der Waals surface area contributed by atoms with Crippen molar-refractivity contribution in [2.24, 2.45) is 0 Å². The summed E-state index contributed by atoms with van der Waals surface area (Å²) in [4.78, 5) is 23.2. The number of nitrogens with one attached hydrogen (secondary N) is 2. The molecule has 0 heterocycles. The lowest BCUT2D eigenvalue weighted by Crippen LogP contribution is -2.93. The number of carbonyl (C=O) groups is 2. The van der Waals surface area contributed by atoms with E-state index < -0.39 is 17.9 Å². The Kier molecular flexibility index (Phi) is 7.60. The quantitative estimate of drug-likeness (QED) is 0.440. The van der Waals surface area contributed by atoms with Gasteiger partial charge < -0.3 is 31.0 Å². The number of carbonyl (C=O) groups excluding carboxylic acids is 2. The zero-order chi connectivity index (χ0) is 18.8. The van der Waals surface area contributed by atoms with Crippen LogP contribution in [0.2, 0.25) is 0 Å². The molecule has 7 heteroatoms. The summed E-state index contributed by atoms with van der Waals surface area (Å²) in [6, 6.07) is 15.9. The normalized spacial score (nSPS) is 11.6. The van der Waals surface area contributed by atoms with Crippen molar-refractivity contribution in [3.63, 3.8) is 0 Å². The maximum atomic E-state index is 12.0. The van der Waals surface area contributed by atoms with Gasteiger partial charge in [-0.1, -0.05) is 18.2 Å². The summed E-state index contributed by atoms with van der Waals surface area (Å²) >= 11 is 0. The molecule has 1 amide bonds. The molecular weight excluding hydrogens is 334 g/mol. The minimum atomic E-state index is -1.29. The molecule has 0 aliphatic rings. The van der Waals surface area contributed by atoms with Gasteiger partial charge in [0.25, 0.3) is 0 Å². The van der Waals surface area contributed by atoms with Gasteiger partial charge in [0.2, 0.25) is 5.91 Å². The molecule has 0 saturated carbocycles. The maximum absolute atomic E-state index is 12.0. The topological polar surface area (TPSA) is 118 Å². The van der Waals surface area contributed by atoms with Crippen LogP contribution in [0.3, 0.4) is 0 Å². The Morgan fingerprint density at radius 1 is 1.00 bits per heavy atom. The largest absolute Gasteiger partial charge is 0.544 e. The van der Waals surface area contributed by atoms with E-state index in [1.54, 1.807) is 12.1 Å². The van der Waals surface area contributed by atoms with Gasteiger partial charge in [-0.15, -0.1) is 0 Å². The van der Waals surface area contributed by atoms with Gasteiger partial charge in [0.05, 0.1) is 18.9 Å². The second-order valence-corrected chi connectivity index (χ2v) is 5.85. The second-order valence-electron chi connectivity index (χ2n) is 5.85. The number of aliphatic hydroxyl groups excluding tert-OH is 1. The molecule has 0 unspecified atom stereocenters. The summed E-state index contributed by atoms with van der Waals surface area (Å²) in [5.74, 6) is -1.69. The van der Waals surface area contributed by atoms with Crippen molar-refractivity contribution in [2.45, 2.75) is 18.9 Å². The summed E-state index contributed by atoms with van der Waals surface area (Å²) < 4.78 is 0. The first-order valence-corrected chi connectivity index (χ1v) is 8.45. The number of aliphatic hydroxyl groups is 1. The molecule has 0 aliphatic carbocycles. The fourth-order valence-electron chi connectivity index (χ4n) is 2.41. The molecule has 0 spiro atoms. The molecule has 0 aromatic heterocycles. The number of nitrogens with two attached hydrogens (primary N) is 1. The van der Waals surface area contributed by atoms with Crippen LogP contribution in [0.1, 0.15) is 12.8 Å². The smallest absolute Gasteiger partial charge is 0.230 e. The highest BCUT2D eigenvalue weighted by Gasteiger charge is 2.18. The van der Waals surface area contributed by atoms with Gasteiger partial charge >= 0.3 is 0 Å². The molecule has 26 heavy (non-hydrogen) atoms. The van der Waals surface area contributed by atoms with Crippen molar-refractivity contribution in [2.75, 3.05) is 23.8 Å². The Balaban J connectivity index is 1.87. The molecule has 0 aliphatic heterocycles. The molecule has 0 radical (unpaired) electrons. The van der Waals surface area contributed by atoms with Gasteiger partial charge in [-0.05, 0) is 36.4 Å². The molecule has 0 saturated heterocycles. The van der Waals surface area contributed by atoms with E-state index in [2.05, 4.69) is 10.6 Å². The molecule has 2 aromatic carbocycles. The zero-order valence-electron chi connectivity index (χ0n) is 14.4. The number of amides is 1. The van der Waals surface area contributed by atoms with Crippen LogP contribution in [0.5, 0.6) is 0 Å². The average molecular weight is 357 g/mol. The standard InChI is InChI=1S/C19H23N3O4/c23-12-4-11-20-17(19(25)26)13-18(24)22-16-9-7-15(8-10-16)21-14-5-2-1-3-6-14/h1-3,5-10,17,20-21,23H,4,11-13H2,(H,22,24)(H,25,26)/t17-/m1/s1. The van der Waals surface area contributed by atoms with Gasteiger partial charge in [0, 0.05) is 30.1 Å². The Bertz CT molecular complexity index is 704. The van der Waals surface area contributed by atoms with Crippen LogP contribution >= 0.6 is 0 Å². The van der Waals surface area contributed by atoms with E-state index in [1.165, 1.54) is 5.32 Å². The highest BCUT2D eigenvalue weighted by Crippen LogP contribution is 2.18. The number of hydrogen-bond acceptors (Lipinski definition) is 5. The number of aliphatic carboxylic acids is 1. The third-order valence-corrected chi connectivity index (χ3v) is 3.75. The van der Waals surface area contributed by atoms with Gasteiger partial charge in [-0.25, -0.2) is 0 Å². The number of para-hydroxylation sites is 1. The summed E-state index contributed by atoms with van der Waals surface area (Å²) in [5, 5.41) is 27.3. The van der Waals surface area contributed by atoms with E-state index in [1.807, 2.05) is 42.5 Å². The number of carboxylic acids is 1. The predicted octanol–water partition coefficient (Wildman–Crippen LogP) is -0.177. The third kappa shape index (κ3) is 6.54. The molecule has 0 bridgehead atoms. The first-order chi connectivity index (χ1) is 12.6. The maximum Gasteiger partial charge on any atom is 0.230 e. The molecule has 2 aromatic rings. The number of benzene rings is 2. The fraction of sp³-hybridized carbons (Fsp3) is 0.263. The first kappa shape index (κ1) is 19.4. The SMILES string of the molecule is O=C(C[C@@H]([NH2+]CCCO)C(=O)[O-])Nc1ccc(Nc2ccccc2)cc1. The molecule has 1 atom stereocenters. The van der Waals surface area contributed by atoms with Crippen molar-refractivity contribution in [1.29, 1.82) is 0 Å². The van der Waals surface area contributed by atoms with Crippen molar-refractivity contribution in [3.8, 4) is 0 Å². The fourth-order valence-corrected chi connectivity index (χ4v) is 2.41. The van der Waals surface area contributed by atoms with E-state index in [-0.39, 0.29) is 13.0 Å². The van der Waals surface area contributed by atoms with Gasteiger partial charge in [0.1, 0.15) is 6.04 Å². The predicted molar refractivity (Wildman–Crippen MR) is 96.7 cm³/mol. The molecule has 5 N–H and O–H groups in total. The molecule has 7 nitrogen and oxygen atoms in total. The minimum Gasteiger partial charge on any atom is -0.544 e. The lowest BCUT2D eigenvalue weighted by Gasteiger charge is -2.16. The summed E-state index contributed by atoms with van der Waals surface area (Å²) in [6.45, 7) is 0.397. The van der Waals surface area contributed by atoms with E-state index in [4.69, 9.17) is 5.11 Å².